The molecule has 1 rings (SSSR count). The first-order valence-corrected chi connectivity index (χ1v) is 10.9. The van der Waals surface area contributed by atoms with Crippen molar-refractivity contribution in [1.29, 1.82) is 5.26 Å². The summed E-state index contributed by atoms with van der Waals surface area (Å²) in [6.07, 6.45) is 1.89. The Kier molecular flexibility index (Phi) is 6.92. The Morgan fingerprint density at radius 1 is 1.18 bits per heavy atom. The average Bonchev–Trinajstić information content (AvgIpc) is 2.42. The van der Waals surface area contributed by atoms with Gasteiger partial charge in [-0.1, -0.05) is 32.4 Å². The molecule has 1 aromatic rings. The van der Waals surface area contributed by atoms with Gasteiger partial charge in [0.1, 0.15) is 5.75 Å². The van der Waals surface area contributed by atoms with Crippen LogP contribution in [0.3, 0.4) is 0 Å². The van der Waals surface area contributed by atoms with Crippen molar-refractivity contribution in [3.8, 4) is 11.8 Å². The summed E-state index contributed by atoms with van der Waals surface area (Å²) >= 11 is 6.06. The largest absolute Gasteiger partial charge is 0.492 e. The number of nitrogens with zero attached hydrogens (tertiary/aromatic N) is 1. The van der Waals surface area contributed by atoms with Gasteiger partial charge in [0.25, 0.3) is 0 Å². The lowest BCUT2D eigenvalue weighted by Crippen LogP contribution is -2.41. The molecule has 0 bridgehead atoms. The third-order valence-corrected chi connectivity index (χ3v) is 8.96. The summed E-state index contributed by atoms with van der Waals surface area (Å²) in [4.78, 5) is 0. The maximum Gasteiger partial charge on any atom is 0.191 e. The molecule has 0 amide bonds. The highest BCUT2D eigenvalue weighted by Gasteiger charge is 2.36. The molecule has 0 radical (unpaired) electrons. The van der Waals surface area contributed by atoms with E-state index in [-0.39, 0.29) is 5.04 Å². The van der Waals surface area contributed by atoms with Crippen molar-refractivity contribution < 1.29 is 9.16 Å². The van der Waals surface area contributed by atoms with Crippen molar-refractivity contribution in [2.24, 2.45) is 0 Å². The van der Waals surface area contributed by atoms with Gasteiger partial charge < -0.3 is 9.16 Å². The van der Waals surface area contributed by atoms with Crippen LogP contribution in [0.25, 0.3) is 0 Å². The lowest BCUT2D eigenvalue weighted by molar-refractivity contribution is 0.252. The number of benzene rings is 1. The van der Waals surface area contributed by atoms with E-state index in [1.807, 2.05) is 0 Å². The van der Waals surface area contributed by atoms with E-state index >= 15 is 0 Å². The second-order valence-corrected chi connectivity index (χ2v) is 12.1. The maximum atomic E-state index is 8.79. The van der Waals surface area contributed by atoms with Gasteiger partial charge >= 0.3 is 0 Å². The lowest BCUT2D eigenvalue weighted by Gasteiger charge is -2.36. The Morgan fingerprint density at radius 2 is 1.82 bits per heavy atom. The first kappa shape index (κ1) is 19.0. The Hall–Kier alpha value is -1.02. The van der Waals surface area contributed by atoms with Crippen molar-refractivity contribution in [3.05, 3.63) is 28.8 Å². The van der Waals surface area contributed by atoms with Crippen LogP contribution in [0.15, 0.2) is 18.2 Å². The van der Waals surface area contributed by atoms with E-state index in [9.17, 15) is 0 Å². The molecule has 0 fully saturated rings. The molecule has 0 atom stereocenters. The van der Waals surface area contributed by atoms with Crippen molar-refractivity contribution in [1.82, 2.24) is 0 Å². The molecule has 0 aromatic heterocycles. The SMILES string of the molecule is CC(C)(C)[Si](C)(C)OCCCCOc1ccc(C#N)cc1Cl. The van der Waals surface area contributed by atoms with Crippen LogP contribution in [0.1, 0.15) is 39.2 Å². The number of halogens is 1. The quantitative estimate of drug-likeness (QED) is 0.494. The molecule has 0 saturated heterocycles. The molecule has 5 heteroatoms. The van der Waals surface area contributed by atoms with Crippen LogP contribution < -0.4 is 4.74 Å². The van der Waals surface area contributed by atoms with Gasteiger partial charge in [0.15, 0.2) is 8.32 Å². The fourth-order valence-electron chi connectivity index (χ4n) is 1.62. The van der Waals surface area contributed by atoms with E-state index in [0.717, 1.165) is 19.4 Å². The molecule has 122 valence electrons. The molecule has 0 unspecified atom stereocenters. The monoisotopic (exact) mass is 339 g/mol. The van der Waals surface area contributed by atoms with Gasteiger partial charge in [-0.15, -0.1) is 0 Å². The molecule has 3 nitrogen and oxygen atoms in total. The minimum absolute atomic E-state index is 0.250. The van der Waals surface area contributed by atoms with Gasteiger partial charge in [-0.2, -0.15) is 5.26 Å². The van der Waals surface area contributed by atoms with Crippen LogP contribution in [0.5, 0.6) is 5.75 Å². The highest BCUT2D eigenvalue weighted by atomic mass is 35.5. The predicted octanol–water partition coefficient (Wildman–Crippen LogP) is 5.39. The Morgan fingerprint density at radius 3 is 2.36 bits per heavy atom. The number of rotatable bonds is 7. The summed E-state index contributed by atoms with van der Waals surface area (Å²) < 4.78 is 11.8. The summed E-state index contributed by atoms with van der Waals surface area (Å²) in [5.74, 6) is 0.631. The van der Waals surface area contributed by atoms with Gasteiger partial charge in [0, 0.05) is 6.61 Å². The van der Waals surface area contributed by atoms with Crippen LogP contribution in [0.4, 0.5) is 0 Å². The van der Waals surface area contributed by atoms with Crippen molar-refractivity contribution >= 4 is 19.9 Å². The van der Waals surface area contributed by atoms with E-state index in [0.29, 0.717) is 22.9 Å². The van der Waals surface area contributed by atoms with E-state index in [1.165, 1.54) is 0 Å². The minimum atomic E-state index is -1.64. The molecular formula is C17H26ClNO2Si. The smallest absolute Gasteiger partial charge is 0.191 e. The Balaban J connectivity index is 2.28. The predicted molar refractivity (Wildman–Crippen MR) is 94.0 cm³/mol. The third kappa shape index (κ3) is 5.64. The zero-order valence-electron chi connectivity index (χ0n) is 14.2. The normalized spacial score (nSPS) is 12.0. The van der Waals surface area contributed by atoms with Crippen molar-refractivity contribution in [2.75, 3.05) is 13.2 Å². The molecule has 0 aliphatic carbocycles. The minimum Gasteiger partial charge on any atom is -0.492 e. The molecule has 0 aliphatic heterocycles. The number of unbranched alkanes of at least 4 members (excludes halogenated alkanes) is 1. The lowest BCUT2D eigenvalue weighted by atomic mass is 10.2. The molecule has 0 saturated carbocycles. The molecule has 1 aromatic carbocycles. The zero-order chi connectivity index (χ0) is 16.8. The highest BCUT2D eigenvalue weighted by molar-refractivity contribution is 6.74. The van der Waals surface area contributed by atoms with Gasteiger partial charge in [-0.25, -0.2) is 0 Å². The topological polar surface area (TPSA) is 42.2 Å². The summed E-state index contributed by atoms with van der Waals surface area (Å²) in [6, 6.07) is 7.13. The molecule has 0 aliphatic rings. The summed E-state index contributed by atoms with van der Waals surface area (Å²) in [5.41, 5.74) is 0.542. The van der Waals surface area contributed by atoms with Crippen LogP contribution in [-0.4, -0.2) is 21.5 Å². The van der Waals surface area contributed by atoms with E-state index in [4.69, 9.17) is 26.0 Å². The molecular weight excluding hydrogens is 314 g/mol. The highest BCUT2D eigenvalue weighted by Crippen LogP contribution is 2.36. The second-order valence-electron chi connectivity index (χ2n) is 6.92. The zero-order valence-corrected chi connectivity index (χ0v) is 16.0. The Labute approximate surface area is 140 Å². The molecule has 22 heavy (non-hydrogen) atoms. The first-order chi connectivity index (χ1) is 10.2. The molecule has 0 spiro atoms. The number of hydrogen-bond donors (Lipinski definition) is 0. The summed E-state index contributed by atoms with van der Waals surface area (Å²) in [6.45, 7) is 12.6. The maximum absolute atomic E-state index is 8.79. The van der Waals surface area contributed by atoms with E-state index in [1.54, 1.807) is 18.2 Å². The van der Waals surface area contributed by atoms with Gasteiger partial charge in [0.2, 0.25) is 0 Å². The molecule has 0 heterocycles. The van der Waals surface area contributed by atoms with Crippen LogP contribution in [0, 0.1) is 11.3 Å². The molecule has 0 N–H and O–H groups in total. The fourth-order valence-corrected chi connectivity index (χ4v) is 2.94. The third-order valence-electron chi connectivity index (χ3n) is 4.13. The standard InChI is InChI=1S/C17H26ClNO2Si/c1-17(2,3)22(4,5)21-11-7-6-10-20-16-9-8-14(13-19)12-15(16)18/h8-9,12H,6-7,10-11H2,1-5H3. The summed E-state index contributed by atoms with van der Waals surface area (Å²) in [7, 11) is -1.64. The second kappa shape index (κ2) is 8.01. The van der Waals surface area contributed by atoms with Crippen LogP contribution in [0.2, 0.25) is 23.2 Å². The Bertz CT molecular complexity index is 532. The van der Waals surface area contributed by atoms with Gasteiger partial charge in [-0.3, -0.25) is 0 Å². The van der Waals surface area contributed by atoms with Crippen molar-refractivity contribution in [2.45, 2.75) is 51.7 Å². The van der Waals surface area contributed by atoms with Gasteiger partial charge in [0.05, 0.1) is 23.3 Å². The number of hydrogen-bond acceptors (Lipinski definition) is 3. The average molecular weight is 340 g/mol. The van der Waals surface area contributed by atoms with Crippen LogP contribution in [-0.2, 0) is 4.43 Å². The van der Waals surface area contributed by atoms with Gasteiger partial charge in [-0.05, 0) is 49.2 Å². The summed E-state index contributed by atoms with van der Waals surface area (Å²) in [5, 5.41) is 9.52. The van der Waals surface area contributed by atoms with E-state index < -0.39 is 8.32 Å². The van der Waals surface area contributed by atoms with Crippen LogP contribution >= 0.6 is 11.6 Å². The van der Waals surface area contributed by atoms with E-state index in [2.05, 4.69) is 39.9 Å². The number of nitriles is 1. The first-order valence-electron chi connectivity index (χ1n) is 7.64. The van der Waals surface area contributed by atoms with Crippen molar-refractivity contribution in [3.63, 3.8) is 0 Å². The fraction of sp³-hybridized carbons (Fsp3) is 0.588. The number of ether oxygens (including phenoxy) is 1.